The van der Waals surface area contributed by atoms with Crippen molar-refractivity contribution in [2.75, 3.05) is 5.73 Å². The van der Waals surface area contributed by atoms with Gasteiger partial charge in [0.2, 0.25) is 5.88 Å². The number of hydrogen-bond donors (Lipinski definition) is 2. The molecule has 0 amide bonds. The summed E-state index contributed by atoms with van der Waals surface area (Å²) in [6.45, 7) is 0. The summed E-state index contributed by atoms with van der Waals surface area (Å²) in [6, 6.07) is 25.7. The van der Waals surface area contributed by atoms with Crippen LogP contribution in [0, 0.1) is 0 Å². The Kier molecular flexibility index (Phi) is 7.72. The number of aromatic nitrogens is 3. The van der Waals surface area contributed by atoms with Crippen molar-refractivity contribution in [3.63, 3.8) is 0 Å². The molecule has 0 aliphatic heterocycles. The van der Waals surface area contributed by atoms with Gasteiger partial charge in [0.25, 0.3) is 0 Å². The Hall–Kier alpha value is -5.87. The van der Waals surface area contributed by atoms with E-state index in [2.05, 4.69) is 25.0 Å². The summed E-state index contributed by atoms with van der Waals surface area (Å²) in [5.74, 6) is 1.49. The monoisotopic (exact) mass is 567 g/mol. The molecule has 6 aromatic rings. The van der Waals surface area contributed by atoms with Crippen LogP contribution in [0.3, 0.4) is 0 Å². The second-order valence-electron chi connectivity index (χ2n) is 8.83. The van der Waals surface area contributed by atoms with Gasteiger partial charge in [-0.1, -0.05) is 42.5 Å². The van der Waals surface area contributed by atoms with E-state index >= 15 is 0 Å². The number of ether oxygens (including phenoxy) is 1. The maximum atomic E-state index is 12.7. The second kappa shape index (κ2) is 11.7. The van der Waals surface area contributed by atoms with Gasteiger partial charge in [-0.2, -0.15) is 13.2 Å². The predicted octanol–water partition coefficient (Wildman–Crippen LogP) is 8.57. The Labute approximate surface area is 236 Å². The van der Waals surface area contributed by atoms with Crippen molar-refractivity contribution in [3.05, 3.63) is 119 Å². The highest BCUT2D eigenvalue weighted by Crippen LogP contribution is 2.33. The minimum Gasteiger partial charge on any atom is -0.506 e. The number of nitrogen functional groups attached to an aromatic ring is 1. The number of halogens is 3. The van der Waals surface area contributed by atoms with Crippen molar-refractivity contribution >= 4 is 33.4 Å². The summed E-state index contributed by atoms with van der Waals surface area (Å²) in [7, 11) is 0. The van der Waals surface area contributed by atoms with Crippen LogP contribution < -0.4 is 10.5 Å². The number of rotatable bonds is 4. The molecule has 0 fully saturated rings. The van der Waals surface area contributed by atoms with Gasteiger partial charge in [-0.05, 0) is 70.3 Å². The lowest BCUT2D eigenvalue weighted by molar-refractivity contribution is -0.137. The summed E-state index contributed by atoms with van der Waals surface area (Å²) in [5, 5.41) is 14.5. The average Bonchev–Trinajstić information content (AvgIpc) is 2.98. The van der Waals surface area contributed by atoms with Gasteiger partial charge in [0.15, 0.2) is 5.75 Å². The molecule has 0 atom stereocenters. The molecule has 3 heterocycles. The SMILES string of the molecule is Nc1ccc2cccc(Oc3cc(-c4ccc(C(F)(F)F)cc4)ccn3)c2n1.[N-]=[N+]=Nc1ccc2cccc(O)c2n1. The Balaban J connectivity index is 0.000000211. The standard InChI is InChI=1S/C21H14F3N3O.C9H6N4O/c22-21(23,24)16-7-4-13(5-8-16)15-10-11-26-19(12-15)28-17-3-1-2-14-6-9-18(25)27-20(14)17;10-13-12-8-5-4-6-2-1-3-7(14)9(6)11-8/h1-12H,(H2,25,27);1-5,14H. The normalized spacial score (nSPS) is 10.9. The number of anilines is 1. The van der Waals surface area contributed by atoms with E-state index in [0.717, 1.165) is 22.9 Å². The third kappa shape index (κ3) is 6.30. The summed E-state index contributed by atoms with van der Waals surface area (Å²) >= 11 is 0. The van der Waals surface area contributed by atoms with Crippen LogP contribution in [0.5, 0.6) is 17.4 Å². The molecule has 6 rings (SSSR count). The van der Waals surface area contributed by atoms with Crippen LogP contribution in [0.1, 0.15) is 5.56 Å². The number of azide groups is 1. The molecule has 0 spiro atoms. The molecule has 0 saturated heterocycles. The third-order valence-corrected chi connectivity index (χ3v) is 6.03. The number of alkyl halides is 3. The van der Waals surface area contributed by atoms with Gasteiger partial charge in [0.1, 0.15) is 28.4 Å². The maximum Gasteiger partial charge on any atom is 0.416 e. The molecule has 0 radical (unpaired) electrons. The Morgan fingerprint density at radius 2 is 1.52 bits per heavy atom. The molecule has 208 valence electrons. The number of phenolic OH excluding ortho intramolecular Hbond substituents is 1. The minimum atomic E-state index is -4.37. The van der Waals surface area contributed by atoms with E-state index in [4.69, 9.17) is 16.0 Å². The number of benzene rings is 3. The molecule has 0 aliphatic rings. The molecule has 3 aromatic carbocycles. The number of nitrogens with two attached hydrogens (primary N) is 1. The summed E-state index contributed by atoms with van der Waals surface area (Å²) < 4.78 is 44.1. The van der Waals surface area contributed by atoms with Gasteiger partial charge in [-0.3, -0.25) is 0 Å². The molecule has 12 heteroatoms. The van der Waals surface area contributed by atoms with Crippen molar-refractivity contribution in [1.29, 1.82) is 0 Å². The predicted molar refractivity (Wildman–Crippen MR) is 153 cm³/mol. The molecule has 0 bridgehead atoms. The Morgan fingerprint density at radius 3 is 2.26 bits per heavy atom. The Bertz CT molecular complexity index is 1940. The first-order chi connectivity index (χ1) is 20.2. The van der Waals surface area contributed by atoms with Crippen LogP contribution in [-0.4, -0.2) is 20.1 Å². The molecule has 3 aromatic heterocycles. The summed E-state index contributed by atoms with van der Waals surface area (Å²) in [5.41, 5.74) is 15.6. The first-order valence-electron chi connectivity index (χ1n) is 12.3. The molecule has 3 N–H and O–H groups in total. The lowest BCUT2D eigenvalue weighted by Gasteiger charge is -2.10. The van der Waals surface area contributed by atoms with Crippen LogP contribution in [0.25, 0.3) is 43.4 Å². The van der Waals surface area contributed by atoms with Crippen molar-refractivity contribution in [1.82, 2.24) is 15.0 Å². The van der Waals surface area contributed by atoms with E-state index in [1.165, 1.54) is 24.4 Å². The van der Waals surface area contributed by atoms with Crippen molar-refractivity contribution < 1.29 is 23.0 Å². The number of nitrogens with zero attached hydrogens (tertiary/aromatic N) is 6. The lowest BCUT2D eigenvalue weighted by atomic mass is 10.0. The van der Waals surface area contributed by atoms with E-state index in [1.807, 2.05) is 24.3 Å². The van der Waals surface area contributed by atoms with Crippen LogP contribution in [0.15, 0.2) is 108 Å². The van der Waals surface area contributed by atoms with Crippen molar-refractivity contribution in [2.45, 2.75) is 6.18 Å². The molecule has 0 aliphatic carbocycles. The van der Waals surface area contributed by atoms with Gasteiger partial charge in [-0.15, -0.1) is 0 Å². The van der Waals surface area contributed by atoms with E-state index in [9.17, 15) is 18.3 Å². The second-order valence-corrected chi connectivity index (χ2v) is 8.83. The van der Waals surface area contributed by atoms with Gasteiger partial charge in [-0.25, -0.2) is 15.0 Å². The highest BCUT2D eigenvalue weighted by molar-refractivity contribution is 5.86. The molecule has 0 saturated carbocycles. The molecular formula is C30H20F3N7O2. The molecular weight excluding hydrogens is 547 g/mol. The zero-order valence-electron chi connectivity index (χ0n) is 21.6. The number of para-hydroxylation sites is 2. The fraction of sp³-hybridized carbons (Fsp3) is 0.0333. The number of pyridine rings is 3. The smallest absolute Gasteiger partial charge is 0.416 e. The number of hydrogen-bond acceptors (Lipinski definition) is 7. The van der Waals surface area contributed by atoms with E-state index in [0.29, 0.717) is 39.6 Å². The fourth-order valence-corrected chi connectivity index (χ4v) is 4.05. The van der Waals surface area contributed by atoms with Crippen LogP contribution in [0.4, 0.5) is 24.8 Å². The maximum absolute atomic E-state index is 12.7. The molecule has 0 unspecified atom stereocenters. The van der Waals surface area contributed by atoms with Gasteiger partial charge >= 0.3 is 6.18 Å². The number of phenols is 1. The largest absolute Gasteiger partial charge is 0.506 e. The lowest BCUT2D eigenvalue weighted by Crippen LogP contribution is -2.04. The van der Waals surface area contributed by atoms with Crippen LogP contribution in [0.2, 0.25) is 0 Å². The van der Waals surface area contributed by atoms with Gasteiger partial charge < -0.3 is 15.6 Å². The van der Waals surface area contributed by atoms with Gasteiger partial charge in [0, 0.05) is 27.9 Å². The van der Waals surface area contributed by atoms with Crippen molar-refractivity contribution in [3.8, 4) is 28.5 Å². The fourth-order valence-electron chi connectivity index (χ4n) is 4.05. The summed E-state index contributed by atoms with van der Waals surface area (Å²) in [6.07, 6.45) is -2.83. The van der Waals surface area contributed by atoms with E-state index < -0.39 is 11.7 Å². The van der Waals surface area contributed by atoms with Crippen LogP contribution >= 0.6 is 0 Å². The highest BCUT2D eigenvalue weighted by atomic mass is 19.4. The van der Waals surface area contributed by atoms with E-state index in [-0.39, 0.29) is 11.6 Å². The average molecular weight is 568 g/mol. The van der Waals surface area contributed by atoms with Crippen LogP contribution in [-0.2, 0) is 6.18 Å². The topological polar surface area (TPSA) is 143 Å². The molecule has 9 nitrogen and oxygen atoms in total. The zero-order valence-corrected chi connectivity index (χ0v) is 21.6. The Morgan fingerprint density at radius 1 is 0.810 bits per heavy atom. The van der Waals surface area contributed by atoms with E-state index in [1.54, 1.807) is 42.5 Å². The zero-order chi connectivity index (χ0) is 29.7. The number of fused-ring (bicyclic) bond motifs is 2. The first-order valence-corrected chi connectivity index (χ1v) is 12.3. The van der Waals surface area contributed by atoms with Gasteiger partial charge in [0.05, 0.1) is 5.56 Å². The molecule has 42 heavy (non-hydrogen) atoms. The van der Waals surface area contributed by atoms with Crippen molar-refractivity contribution in [2.24, 2.45) is 5.11 Å². The number of aromatic hydroxyl groups is 1. The quantitative estimate of drug-likeness (QED) is 0.124. The highest BCUT2D eigenvalue weighted by Gasteiger charge is 2.30. The third-order valence-electron chi connectivity index (χ3n) is 6.03. The summed E-state index contributed by atoms with van der Waals surface area (Å²) in [4.78, 5) is 15.1. The first kappa shape index (κ1) is 27.7. The minimum absolute atomic E-state index is 0.0810.